The summed E-state index contributed by atoms with van der Waals surface area (Å²) in [6.07, 6.45) is 2.56. The summed E-state index contributed by atoms with van der Waals surface area (Å²) in [5.41, 5.74) is -0.168. The normalized spacial score (nSPS) is 14.1. The minimum atomic E-state index is -0.168. The van der Waals surface area contributed by atoms with Crippen LogP contribution in [0.15, 0.2) is 21.2 Å². The highest BCUT2D eigenvalue weighted by Gasteiger charge is 2.26. The summed E-state index contributed by atoms with van der Waals surface area (Å²) < 4.78 is 12.0. The first kappa shape index (κ1) is 13.7. The van der Waals surface area contributed by atoms with Crippen LogP contribution in [0.5, 0.6) is 0 Å². The topological polar surface area (TPSA) is 34.4 Å². The Morgan fingerprint density at radius 1 is 1.56 bits per heavy atom. The van der Waals surface area contributed by atoms with E-state index in [2.05, 4.69) is 42.0 Å². The molecule has 1 aromatic rings. The molecule has 4 heteroatoms. The second kappa shape index (κ2) is 5.84. The second-order valence-corrected chi connectivity index (χ2v) is 5.27. The van der Waals surface area contributed by atoms with Gasteiger partial charge >= 0.3 is 0 Å². The zero-order valence-corrected chi connectivity index (χ0v) is 11.9. The second-order valence-electron chi connectivity index (χ2n) is 4.41. The van der Waals surface area contributed by atoms with Crippen molar-refractivity contribution in [1.82, 2.24) is 5.32 Å². The summed E-state index contributed by atoms with van der Waals surface area (Å²) in [6, 6.07) is 2.09. The summed E-state index contributed by atoms with van der Waals surface area (Å²) in [7, 11) is 1.74. The van der Waals surface area contributed by atoms with Crippen LogP contribution in [0.25, 0.3) is 0 Å². The molecule has 0 fully saturated rings. The molecule has 0 amide bonds. The van der Waals surface area contributed by atoms with Crippen molar-refractivity contribution in [2.45, 2.75) is 38.8 Å². The fourth-order valence-electron chi connectivity index (χ4n) is 1.63. The van der Waals surface area contributed by atoms with E-state index < -0.39 is 0 Å². The smallest absolute Gasteiger partial charge is 0.134 e. The maximum atomic E-state index is 5.50. The van der Waals surface area contributed by atoms with E-state index in [0.717, 1.165) is 23.2 Å². The monoisotopic (exact) mass is 289 g/mol. The molecule has 3 nitrogen and oxygen atoms in total. The fourth-order valence-corrected chi connectivity index (χ4v) is 2.11. The van der Waals surface area contributed by atoms with E-state index in [9.17, 15) is 0 Å². The number of furan rings is 1. The molecule has 16 heavy (non-hydrogen) atoms. The maximum absolute atomic E-state index is 5.50. The molecule has 0 aliphatic heterocycles. The van der Waals surface area contributed by atoms with Crippen LogP contribution in [0.1, 0.15) is 39.0 Å². The Kier molecular flexibility index (Phi) is 5.02. The van der Waals surface area contributed by atoms with Gasteiger partial charge in [0.1, 0.15) is 5.76 Å². The maximum Gasteiger partial charge on any atom is 0.134 e. The van der Waals surface area contributed by atoms with E-state index in [1.54, 1.807) is 13.4 Å². The Morgan fingerprint density at radius 2 is 2.25 bits per heavy atom. The van der Waals surface area contributed by atoms with Gasteiger partial charge in [0.15, 0.2) is 0 Å². The van der Waals surface area contributed by atoms with Crippen LogP contribution in [0.2, 0.25) is 0 Å². The Morgan fingerprint density at radius 3 is 2.69 bits per heavy atom. The Bertz CT molecular complexity index is 323. The van der Waals surface area contributed by atoms with Crippen molar-refractivity contribution in [2.75, 3.05) is 13.7 Å². The number of hydrogen-bond donors (Lipinski definition) is 1. The van der Waals surface area contributed by atoms with Crippen LogP contribution in [0.3, 0.4) is 0 Å². The van der Waals surface area contributed by atoms with Crippen molar-refractivity contribution in [3.05, 3.63) is 22.6 Å². The van der Waals surface area contributed by atoms with Gasteiger partial charge in [-0.25, -0.2) is 0 Å². The molecule has 1 unspecified atom stereocenters. The first-order chi connectivity index (χ1) is 7.50. The van der Waals surface area contributed by atoms with Crippen LogP contribution in [0.4, 0.5) is 0 Å². The zero-order chi connectivity index (χ0) is 12.2. The highest BCUT2D eigenvalue weighted by atomic mass is 79.9. The highest BCUT2D eigenvalue weighted by Crippen LogP contribution is 2.31. The zero-order valence-electron chi connectivity index (χ0n) is 10.3. The molecular weight excluding hydrogens is 270 g/mol. The van der Waals surface area contributed by atoms with Gasteiger partial charge in [-0.15, -0.1) is 0 Å². The molecule has 0 spiro atoms. The lowest BCUT2D eigenvalue weighted by Crippen LogP contribution is -2.32. The molecule has 1 N–H and O–H groups in total. The molecule has 0 aliphatic carbocycles. The third kappa shape index (κ3) is 3.61. The molecule has 0 aliphatic rings. The Hall–Kier alpha value is -0.320. The summed E-state index contributed by atoms with van der Waals surface area (Å²) >= 11 is 3.49. The van der Waals surface area contributed by atoms with Crippen LogP contribution in [-0.2, 0) is 4.74 Å². The average molecular weight is 290 g/mol. The molecule has 1 heterocycles. The van der Waals surface area contributed by atoms with Gasteiger partial charge in [0, 0.05) is 7.11 Å². The molecule has 0 aromatic carbocycles. The van der Waals surface area contributed by atoms with Gasteiger partial charge in [-0.1, -0.05) is 6.92 Å². The van der Waals surface area contributed by atoms with Crippen molar-refractivity contribution >= 4 is 15.9 Å². The minimum Gasteiger partial charge on any atom is -0.466 e. The highest BCUT2D eigenvalue weighted by molar-refractivity contribution is 9.10. The van der Waals surface area contributed by atoms with Crippen molar-refractivity contribution in [3.8, 4) is 0 Å². The number of hydrogen-bond acceptors (Lipinski definition) is 3. The fraction of sp³-hybridized carbons (Fsp3) is 0.667. The number of methoxy groups -OCH3 is 1. The Labute approximate surface area is 106 Å². The molecule has 1 rings (SSSR count). The minimum absolute atomic E-state index is 0.168. The number of nitrogens with one attached hydrogen (secondary N) is 1. The third-order valence-electron chi connectivity index (χ3n) is 2.66. The number of ether oxygens (including phenoxy) is 1. The lowest BCUT2D eigenvalue weighted by Gasteiger charge is -2.28. The van der Waals surface area contributed by atoms with E-state index in [1.807, 2.05) is 6.07 Å². The third-order valence-corrected chi connectivity index (χ3v) is 3.32. The van der Waals surface area contributed by atoms with Gasteiger partial charge in [0.05, 0.1) is 22.4 Å². The Balaban J connectivity index is 2.80. The SMILES string of the molecule is CCNC(CC(C)(C)OC)c1occc1Br. The molecule has 0 radical (unpaired) electrons. The summed E-state index contributed by atoms with van der Waals surface area (Å²) in [4.78, 5) is 0. The van der Waals surface area contributed by atoms with E-state index in [1.165, 1.54) is 0 Å². The van der Waals surface area contributed by atoms with E-state index >= 15 is 0 Å². The molecule has 0 bridgehead atoms. The van der Waals surface area contributed by atoms with Gasteiger partial charge in [-0.2, -0.15) is 0 Å². The molecule has 1 atom stereocenters. The first-order valence-corrected chi connectivity index (χ1v) is 6.31. The van der Waals surface area contributed by atoms with Gasteiger partial charge in [-0.3, -0.25) is 0 Å². The molecule has 0 saturated heterocycles. The van der Waals surface area contributed by atoms with Crippen molar-refractivity contribution in [2.24, 2.45) is 0 Å². The van der Waals surface area contributed by atoms with Gasteiger partial charge in [0.25, 0.3) is 0 Å². The van der Waals surface area contributed by atoms with Crippen molar-refractivity contribution < 1.29 is 9.15 Å². The standard InChI is InChI=1S/C12H20BrNO2/c1-5-14-10(8-12(2,3)15-4)11-9(13)6-7-16-11/h6-7,10,14H,5,8H2,1-4H3. The molecular formula is C12H20BrNO2. The number of halogens is 1. The largest absolute Gasteiger partial charge is 0.466 e. The summed E-state index contributed by atoms with van der Waals surface area (Å²) in [5, 5.41) is 3.41. The number of rotatable bonds is 6. The van der Waals surface area contributed by atoms with Gasteiger partial charge in [-0.05, 0) is 48.8 Å². The van der Waals surface area contributed by atoms with Crippen LogP contribution >= 0.6 is 15.9 Å². The van der Waals surface area contributed by atoms with Crippen LogP contribution in [0, 0.1) is 0 Å². The average Bonchev–Trinajstić information content (AvgIpc) is 2.64. The lowest BCUT2D eigenvalue weighted by atomic mass is 9.97. The summed E-state index contributed by atoms with van der Waals surface area (Å²) in [5.74, 6) is 0.937. The molecule has 1 aromatic heterocycles. The first-order valence-electron chi connectivity index (χ1n) is 5.51. The lowest BCUT2D eigenvalue weighted by molar-refractivity contribution is 0.00509. The summed E-state index contributed by atoms with van der Waals surface area (Å²) in [6.45, 7) is 7.14. The van der Waals surface area contributed by atoms with Crippen molar-refractivity contribution in [3.63, 3.8) is 0 Å². The predicted molar refractivity (Wildman–Crippen MR) is 68.5 cm³/mol. The van der Waals surface area contributed by atoms with E-state index in [-0.39, 0.29) is 11.6 Å². The van der Waals surface area contributed by atoms with Gasteiger partial charge in [0.2, 0.25) is 0 Å². The van der Waals surface area contributed by atoms with Crippen LogP contribution < -0.4 is 5.32 Å². The molecule has 92 valence electrons. The quantitative estimate of drug-likeness (QED) is 0.870. The predicted octanol–water partition coefficient (Wildman–Crippen LogP) is 3.51. The molecule has 0 saturated carbocycles. The van der Waals surface area contributed by atoms with Gasteiger partial charge < -0.3 is 14.5 Å². The van der Waals surface area contributed by atoms with E-state index in [0.29, 0.717) is 0 Å². The van der Waals surface area contributed by atoms with Crippen LogP contribution in [-0.4, -0.2) is 19.3 Å². The van der Waals surface area contributed by atoms with Crippen molar-refractivity contribution in [1.29, 1.82) is 0 Å². The van der Waals surface area contributed by atoms with E-state index in [4.69, 9.17) is 9.15 Å².